The zero-order valence-electron chi connectivity index (χ0n) is 16.3. The zero-order valence-corrected chi connectivity index (χ0v) is 18.6. The Bertz CT molecular complexity index is 1270. The van der Waals surface area contributed by atoms with Crippen molar-refractivity contribution in [1.82, 2.24) is 5.32 Å². The summed E-state index contributed by atoms with van der Waals surface area (Å²) in [5, 5.41) is 4.97. The Morgan fingerprint density at radius 3 is 2.61 bits per heavy atom. The Kier molecular flexibility index (Phi) is 5.96. The van der Waals surface area contributed by atoms with Gasteiger partial charge in [-0.25, -0.2) is 0 Å². The molecule has 4 rings (SSSR count). The van der Waals surface area contributed by atoms with Gasteiger partial charge in [-0.1, -0.05) is 53.5 Å². The summed E-state index contributed by atoms with van der Waals surface area (Å²) in [5.74, 6) is -0.612. The number of ether oxygens (including phenoxy) is 1. The van der Waals surface area contributed by atoms with E-state index in [9.17, 15) is 9.59 Å². The van der Waals surface area contributed by atoms with E-state index in [1.54, 1.807) is 12.1 Å². The maximum Gasteiger partial charge on any atom is 0.270 e. The normalized spacial score (nSPS) is 15.5. The van der Waals surface area contributed by atoms with Gasteiger partial charge in [0.05, 0.1) is 17.3 Å². The smallest absolute Gasteiger partial charge is 0.270 e. The summed E-state index contributed by atoms with van der Waals surface area (Å²) < 4.78 is 5.76. The van der Waals surface area contributed by atoms with E-state index >= 15 is 0 Å². The summed E-state index contributed by atoms with van der Waals surface area (Å²) in [5.41, 5.74) is 0.875. The molecule has 1 fully saturated rings. The highest BCUT2D eigenvalue weighted by molar-refractivity contribution is 7.80. The van der Waals surface area contributed by atoms with Crippen LogP contribution in [-0.2, 0) is 9.59 Å². The van der Waals surface area contributed by atoms with Crippen molar-refractivity contribution in [2.45, 2.75) is 6.92 Å². The van der Waals surface area contributed by atoms with E-state index in [-0.39, 0.29) is 15.7 Å². The number of nitrogens with zero attached hydrogens (tertiary/aromatic N) is 1. The van der Waals surface area contributed by atoms with Crippen molar-refractivity contribution in [3.8, 4) is 5.75 Å². The van der Waals surface area contributed by atoms with Gasteiger partial charge in [0.15, 0.2) is 5.11 Å². The van der Waals surface area contributed by atoms with Gasteiger partial charge in [0.25, 0.3) is 11.8 Å². The number of hydrogen-bond acceptors (Lipinski definition) is 4. The fourth-order valence-corrected chi connectivity index (χ4v) is 4.16. The van der Waals surface area contributed by atoms with Crippen molar-refractivity contribution in [2.75, 3.05) is 11.5 Å². The molecule has 0 unspecified atom stereocenters. The Morgan fingerprint density at radius 1 is 1.10 bits per heavy atom. The highest BCUT2D eigenvalue weighted by Gasteiger charge is 2.35. The molecule has 1 aliphatic heterocycles. The lowest BCUT2D eigenvalue weighted by atomic mass is 9.99. The van der Waals surface area contributed by atoms with Crippen molar-refractivity contribution in [1.29, 1.82) is 0 Å². The highest BCUT2D eigenvalue weighted by Crippen LogP contribution is 2.34. The summed E-state index contributed by atoms with van der Waals surface area (Å²) in [6, 6.07) is 16.1. The SMILES string of the molecule is CCOc1ccc2ccccc2c1/C=C1\C(=O)NC(=S)N(c2ccc(Cl)cc2Cl)C1=O. The van der Waals surface area contributed by atoms with Gasteiger partial charge in [-0.2, -0.15) is 0 Å². The summed E-state index contributed by atoms with van der Waals surface area (Å²) in [6.07, 6.45) is 1.53. The van der Waals surface area contributed by atoms with Crippen LogP contribution in [0.25, 0.3) is 16.8 Å². The van der Waals surface area contributed by atoms with Crippen LogP contribution < -0.4 is 15.0 Å². The fraction of sp³-hybridized carbons (Fsp3) is 0.0870. The molecule has 1 aliphatic rings. The van der Waals surface area contributed by atoms with Gasteiger partial charge >= 0.3 is 0 Å². The number of nitrogens with one attached hydrogen (secondary N) is 1. The molecular formula is C23H16Cl2N2O3S. The summed E-state index contributed by atoms with van der Waals surface area (Å²) >= 11 is 17.5. The number of halogens is 2. The van der Waals surface area contributed by atoms with Gasteiger partial charge in [0.2, 0.25) is 0 Å². The number of thiocarbonyl (C=S) groups is 1. The number of carbonyl (C=O) groups is 2. The van der Waals surface area contributed by atoms with Crippen LogP contribution in [0.15, 0.2) is 60.2 Å². The van der Waals surface area contributed by atoms with Crippen molar-refractivity contribution >= 4 is 74.9 Å². The second kappa shape index (κ2) is 8.67. The zero-order chi connectivity index (χ0) is 22.1. The van der Waals surface area contributed by atoms with Gasteiger partial charge in [-0.05, 0) is 60.3 Å². The number of hydrogen-bond donors (Lipinski definition) is 1. The lowest BCUT2D eigenvalue weighted by molar-refractivity contribution is -0.122. The monoisotopic (exact) mass is 470 g/mol. The standard InChI is InChI=1S/C23H16Cl2N2O3S/c1-2-30-20-10-7-13-5-3-4-6-15(13)16(20)12-17-21(28)26-23(31)27(22(17)29)19-9-8-14(24)11-18(19)25/h3-12H,2H2,1H3,(H,26,28,31)/b17-12+. The Morgan fingerprint density at radius 2 is 1.87 bits per heavy atom. The number of fused-ring (bicyclic) bond motifs is 1. The third kappa shape index (κ3) is 4.02. The largest absolute Gasteiger partial charge is 0.493 e. The molecule has 8 heteroatoms. The van der Waals surface area contributed by atoms with Crippen LogP contribution in [0.3, 0.4) is 0 Å². The maximum absolute atomic E-state index is 13.4. The van der Waals surface area contributed by atoms with E-state index in [1.807, 2.05) is 43.3 Å². The van der Waals surface area contributed by atoms with Crippen LogP contribution in [0, 0.1) is 0 Å². The van der Waals surface area contributed by atoms with Gasteiger partial charge < -0.3 is 4.74 Å². The molecule has 0 radical (unpaired) electrons. The molecular weight excluding hydrogens is 455 g/mol. The van der Waals surface area contributed by atoms with Crippen LogP contribution in [0.1, 0.15) is 12.5 Å². The number of benzene rings is 3. The molecule has 31 heavy (non-hydrogen) atoms. The van der Waals surface area contributed by atoms with Crippen LogP contribution in [0.4, 0.5) is 5.69 Å². The number of amides is 2. The molecule has 0 spiro atoms. The minimum absolute atomic E-state index is 0.0562. The molecule has 0 aromatic heterocycles. The van der Waals surface area contributed by atoms with Crippen LogP contribution in [0.2, 0.25) is 10.0 Å². The summed E-state index contributed by atoms with van der Waals surface area (Å²) in [4.78, 5) is 27.3. The first-order chi connectivity index (χ1) is 14.9. The lowest BCUT2D eigenvalue weighted by Crippen LogP contribution is -2.54. The van der Waals surface area contributed by atoms with Gasteiger partial charge in [-0.15, -0.1) is 0 Å². The molecule has 0 bridgehead atoms. The number of anilines is 1. The molecule has 2 amide bonds. The molecule has 1 saturated heterocycles. The van der Waals surface area contributed by atoms with Crippen molar-refractivity contribution in [2.24, 2.45) is 0 Å². The number of rotatable bonds is 4. The van der Waals surface area contributed by atoms with E-state index in [4.69, 9.17) is 40.2 Å². The van der Waals surface area contributed by atoms with E-state index in [0.29, 0.717) is 28.6 Å². The average Bonchev–Trinajstić information content (AvgIpc) is 2.73. The fourth-order valence-electron chi connectivity index (χ4n) is 3.39. The molecule has 0 aliphatic carbocycles. The third-order valence-corrected chi connectivity index (χ3v) is 5.59. The van der Waals surface area contributed by atoms with Crippen LogP contribution >= 0.6 is 35.4 Å². The quantitative estimate of drug-likeness (QED) is 0.316. The van der Waals surface area contributed by atoms with Gasteiger partial charge in [-0.3, -0.25) is 19.8 Å². The second-order valence-electron chi connectivity index (χ2n) is 6.69. The molecule has 3 aromatic carbocycles. The topological polar surface area (TPSA) is 58.6 Å². The molecule has 0 atom stereocenters. The molecule has 5 nitrogen and oxygen atoms in total. The molecule has 156 valence electrons. The Balaban J connectivity index is 1.87. The minimum atomic E-state index is -0.591. The first kappa shape index (κ1) is 21.3. The Labute approximate surface area is 194 Å². The van der Waals surface area contributed by atoms with Crippen LogP contribution in [-0.4, -0.2) is 23.5 Å². The average molecular weight is 471 g/mol. The Hall–Kier alpha value is -2.93. The number of carbonyl (C=O) groups excluding carboxylic acids is 2. The highest BCUT2D eigenvalue weighted by atomic mass is 35.5. The van der Waals surface area contributed by atoms with E-state index in [1.165, 1.54) is 17.0 Å². The van der Waals surface area contributed by atoms with Gasteiger partial charge in [0, 0.05) is 10.6 Å². The predicted molar refractivity (Wildman–Crippen MR) is 128 cm³/mol. The molecule has 1 heterocycles. The van der Waals surface area contributed by atoms with Gasteiger partial charge in [0.1, 0.15) is 11.3 Å². The summed E-state index contributed by atoms with van der Waals surface area (Å²) in [6.45, 7) is 2.30. The molecule has 0 saturated carbocycles. The maximum atomic E-state index is 13.4. The van der Waals surface area contributed by atoms with Crippen molar-refractivity contribution < 1.29 is 14.3 Å². The first-order valence-electron chi connectivity index (χ1n) is 9.41. The molecule has 1 N–H and O–H groups in total. The first-order valence-corrected chi connectivity index (χ1v) is 10.6. The second-order valence-corrected chi connectivity index (χ2v) is 7.92. The van der Waals surface area contributed by atoms with E-state index < -0.39 is 11.8 Å². The predicted octanol–water partition coefficient (Wildman–Crippen LogP) is 5.38. The van der Waals surface area contributed by atoms with E-state index in [2.05, 4.69) is 5.32 Å². The lowest BCUT2D eigenvalue weighted by Gasteiger charge is -2.29. The molecule has 3 aromatic rings. The third-order valence-electron chi connectivity index (χ3n) is 4.77. The van der Waals surface area contributed by atoms with Crippen molar-refractivity contribution in [3.63, 3.8) is 0 Å². The van der Waals surface area contributed by atoms with Crippen LogP contribution in [0.5, 0.6) is 5.75 Å². The van der Waals surface area contributed by atoms with E-state index in [0.717, 1.165) is 10.8 Å². The van der Waals surface area contributed by atoms with Crippen molar-refractivity contribution in [3.05, 3.63) is 75.8 Å². The summed E-state index contributed by atoms with van der Waals surface area (Å²) in [7, 11) is 0. The minimum Gasteiger partial charge on any atom is -0.493 e.